The van der Waals surface area contributed by atoms with E-state index in [1.54, 1.807) is 23.1 Å². The van der Waals surface area contributed by atoms with Crippen molar-refractivity contribution in [3.05, 3.63) is 28.2 Å². The topological polar surface area (TPSA) is 87.7 Å². The monoisotopic (exact) mass is 415 g/mol. The van der Waals surface area contributed by atoms with Crippen molar-refractivity contribution in [2.75, 3.05) is 31.6 Å². The van der Waals surface area contributed by atoms with Crippen molar-refractivity contribution in [2.45, 2.75) is 26.3 Å². The summed E-state index contributed by atoms with van der Waals surface area (Å²) in [6.45, 7) is 5.00. The molecule has 0 radical (unpaired) electrons. The molecule has 7 nitrogen and oxygen atoms in total. The minimum atomic E-state index is -0.738. The Bertz CT molecular complexity index is 712. The molecule has 0 spiro atoms. The average molecular weight is 416 g/mol. The number of nitrogens with zero attached hydrogens (tertiary/aromatic N) is 1. The van der Waals surface area contributed by atoms with Crippen LogP contribution in [0.2, 0.25) is 10.0 Å². The Morgan fingerprint density at radius 3 is 2.74 bits per heavy atom. The third-order valence-electron chi connectivity index (χ3n) is 3.93. The summed E-state index contributed by atoms with van der Waals surface area (Å²) in [6.07, 6.45) is -0.0986. The lowest BCUT2D eigenvalue weighted by atomic mass is 10.1. The van der Waals surface area contributed by atoms with E-state index in [0.29, 0.717) is 35.4 Å². The molecule has 2 amide bonds. The lowest BCUT2D eigenvalue weighted by molar-refractivity contribution is -0.149. The second-order valence-electron chi connectivity index (χ2n) is 6.74. The highest BCUT2D eigenvalue weighted by Gasteiger charge is 2.33. The molecule has 27 heavy (non-hydrogen) atoms. The standard InChI is InChI=1S/C18H23Cl2N3O4/c1-11(2)10-27-17(25)8-15-18(26)21-5-6-23(15)9-16(24)22-12-3-4-13(19)14(20)7-12/h3-4,7,11,15H,5-6,8-10H2,1-2H3,(H,21,26)(H,22,24). The summed E-state index contributed by atoms with van der Waals surface area (Å²) in [4.78, 5) is 38.2. The van der Waals surface area contributed by atoms with Gasteiger partial charge in [0.05, 0.1) is 29.6 Å². The number of rotatable bonds is 7. The fourth-order valence-corrected chi connectivity index (χ4v) is 2.91. The van der Waals surface area contributed by atoms with Gasteiger partial charge in [-0.15, -0.1) is 0 Å². The van der Waals surface area contributed by atoms with E-state index in [1.165, 1.54) is 0 Å². The van der Waals surface area contributed by atoms with E-state index in [0.717, 1.165) is 0 Å². The molecule has 0 aliphatic carbocycles. The Hall–Kier alpha value is -1.83. The minimum absolute atomic E-state index is 0.0320. The summed E-state index contributed by atoms with van der Waals surface area (Å²) in [6, 6.07) is 4.03. The smallest absolute Gasteiger partial charge is 0.307 e. The molecule has 148 valence electrons. The van der Waals surface area contributed by atoms with Crippen molar-refractivity contribution >= 4 is 46.7 Å². The highest BCUT2D eigenvalue weighted by Crippen LogP contribution is 2.25. The molecule has 2 N–H and O–H groups in total. The quantitative estimate of drug-likeness (QED) is 0.667. The van der Waals surface area contributed by atoms with Gasteiger partial charge in [-0.1, -0.05) is 37.0 Å². The zero-order valence-corrected chi connectivity index (χ0v) is 16.8. The molecule has 1 aliphatic rings. The maximum absolute atomic E-state index is 12.4. The number of piperazine rings is 1. The van der Waals surface area contributed by atoms with Crippen LogP contribution in [0.3, 0.4) is 0 Å². The van der Waals surface area contributed by atoms with Gasteiger partial charge < -0.3 is 15.4 Å². The third-order valence-corrected chi connectivity index (χ3v) is 4.67. The summed E-state index contributed by atoms with van der Waals surface area (Å²) in [5.41, 5.74) is 0.503. The lowest BCUT2D eigenvalue weighted by Gasteiger charge is -2.33. The fourth-order valence-electron chi connectivity index (χ4n) is 2.61. The maximum Gasteiger partial charge on any atom is 0.307 e. The van der Waals surface area contributed by atoms with Crippen LogP contribution in [-0.2, 0) is 19.1 Å². The molecule has 1 heterocycles. The number of halogens is 2. The van der Waals surface area contributed by atoms with Gasteiger partial charge in [-0.3, -0.25) is 19.3 Å². The average Bonchev–Trinajstić information content (AvgIpc) is 2.59. The number of benzene rings is 1. The van der Waals surface area contributed by atoms with Crippen molar-refractivity contribution in [3.63, 3.8) is 0 Å². The van der Waals surface area contributed by atoms with E-state index in [2.05, 4.69) is 10.6 Å². The number of ether oxygens (including phenoxy) is 1. The number of nitrogens with one attached hydrogen (secondary N) is 2. The summed E-state index contributed by atoms with van der Waals surface area (Å²) in [7, 11) is 0. The highest BCUT2D eigenvalue weighted by molar-refractivity contribution is 6.42. The van der Waals surface area contributed by atoms with Crippen molar-refractivity contribution in [2.24, 2.45) is 5.92 Å². The number of carbonyl (C=O) groups is 3. The van der Waals surface area contributed by atoms with Gasteiger partial charge in [-0.05, 0) is 24.1 Å². The van der Waals surface area contributed by atoms with E-state index < -0.39 is 12.0 Å². The van der Waals surface area contributed by atoms with Crippen LogP contribution in [-0.4, -0.2) is 55.0 Å². The van der Waals surface area contributed by atoms with Crippen LogP contribution in [0.25, 0.3) is 0 Å². The predicted molar refractivity (Wildman–Crippen MR) is 104 cm³/mol. The van der Waals surface area contributed by atoms with Crippen LogP contribution in [0.15, 0.2) is 18.2 Å². The molecule has 1 saturated heterocycles. The largest absolute Gasteiger partial charge is 0.465 e. The molecule has 1 unspecified atom stereocenters. The number of carbonyl (C=O) groups excluding carboxylic acids is 3. The summed E-state index contributed by atoms with van der Waals surface area (Å²) >= 11 is 11.8. The Labute approximate surface area is 168 Å². The molecule has 0 saturated carbocycles. The van der Waals surface area contributed by atoms with Crippen LogP contribution < -0.4 is 10.6 Å². The van der Waals surface area contributed by atoms with Crippen LogP contribution in [0.5, 0.6) is 0 Å². The second-order valence-corrected chi connectivity index (χ2v) is 7.55. The first-order valence-electron chi connectivity index (χ1n) is 8.68. The van der Waals surface area contributed by atoms with Crippen LogP contribution in [0, 0.1) is 5.92 Å². The molecule has 0 bridgehead atoms. The maximum atomic E-state index is 12.4. The second kappa shape index (κ2) is 9.92. The zero-order valence-electron chi connectivity index (χ0n) is 15.3. The van der Waals surface area contributed by atoms with Crippen molar-refractivity contribution in [1.82, 2.24) is 10.2 Å². The molecule has 1 aliphatic heterocycles. The first-order chi connectivity index (χ1) is 12.8. The molecule has 2 rings (SSSR count). The van der Waals surface area contributed by atoms with Crippen LogP contribution in [0.1, 0.15) is 20.3 Å². The lowest BCUT2D eigenvalue weighted by Crippen LogP contribution is -2.57. The van der Waals surface area contributed by atoms with Gasteiger partial charge in [0.1, 0.15) is 6.04 Å². The van der Waals surface area contributed by atoms with Gasteiger partial charge in [0.2, 0.25) is 11.8 Å². The van der Waals surface area contributed by atoms with Crippen molar-refractivity contribution < 1.29 is 19.1 Å². The predicted octanol–water partition coefficient (Wildman–Crippen LogP) is 2.32. The van der Waals surface area contributed by atoms with Gasteiger partial charge >= 0.3 is 5.97 Å². The highest BCUT2D eigenvalue weighted by atomic mass is 35.5. The van der Waals surface area contributed by atoms with E-state index in [1.807, 2.05) is 13.8 Å². The molecule has 1 fully saturated rings. The SMILES string of the molecule is CC(C)COC(=O)CC1C(=O)NCCN1CC(=O)Nc1ccc(Cl)c(Cl)c1. The van der Waals surface area contributed by atoms with Gasteiger partial charge in [0.15, 0.2) is 0 Å². The van der Waals surface area contributed by atoms with E-state index in [4.69, 9.17) is 27.9 Å². The first kappa shape index (κ1) is 21.5. The van der Waals surface area contributed by atoms with Crippen molar-refractivity contribution in [1.29, 1.82) is 0 Å². The molecule has 1 aromatic rings. The Kier molecular flexibility index (Phi) is 7.89. The molecular weight excluding hydrogens is 393 g/mol. The van der Waals surface area contributed by atoms with Gasteiger partial charge in [-0.2, -0.15) is 0 Å². The van der Waals surface area contributed by atoms with E-state index in [9.17, 15) is 14.4 Å². The van der Waals surface area contributed by atoms with Gasteiger partial charge in [0.25, 0.3) is 0 Å². The normalized spacial score (nSPS) is 17.5. The minimum Gasteiger partial charge on any atom is -0.465 e. The number of anilines is 1. The summed E-state index contributed by atoms with van der Waals surface area (Å²) in [5, 5.41) is 6.15. The Balaban J connectivity index is 1.96. The van der Waals surface area contributed by atoms with Crippen molar-refractivity contribution in [3.8, 4) is 0 Å². The number of esters is 1. The third kappa shape index (κ3) is 6.68. The van der Waals surface area contributed by atoms with Crippen LogP contribution in [0.4, 0.5) is 5.69 Å². The summed E-state index contributed by atoms with van der Waals surface area (Å²) in [5.74, 6) is -0.850. The number of hydrogen-bond donors (Lipinski definition) is 2. The molecule has 9 heteroatoms. The fraction of sp³-hybridized carbons (Fsp3) is 0.500. The number of hydrogen-bond acceptors (Lipinski definition) is 5. The first-order valence-corrected chi connectivity index (χ1v) is 9.44. The Morgan fingerprint density at radius 2 is 2.07 bits per heavy atom. The summed E-state index contributed by atoms with van der Waals surface area (Å²) < 4.78 is 5.15. The van der Waals surface area contributed by atoms with Gasteiger partial charge in [-0.25, -0.2) is 0 Å². The zero-order chi connectivity index (χ0) is 20.0. The molecule has 1 atom stereocenters. The molecular formula is C18H23Cl2N3O4. The van der Waals surface area contributed by atoms with E-state index in [-0.39, 0.29) is 30.7 Å². The van der Waals surface area contributed by atoms with Gasteiger partial charge in [0, 0.05) is 18.8 Å². The van der Waals surface area contributed by atoms with Crippen LogP contribution >= 0.6 is 23.2 Å². The molecule has 0 aromatic heterocycles. The molecule has 1 aromatic carbocycles. The van der Waals surface area contributed by atoms with E-state index >= 15 is 0 Å². The number of amides is 2. The Morgan fingerprint density at radius 1 is 1.33 bits per heavy atom.